The first-order valence-corrected chi connectivity index (χ1v) is 5.31. The largest absolute Gasteiger partial charge is 0.477 e. The summed E-state index contributed by atoms with van der Waals surface area (Å²) in [6, 6.07) is 3.64. The first kappa shape index (κ1) is 10.7. The van der Waals surface area contributed by atoms with Gasteiger partial charge in [0, 0.05) is 17.8 Å². The maximum Gasteiger partial charge on any atom is 0.241 e. The fraction of sp³-hybridized carbons (Fsp3) is 0.333. The molecule has 1 aromatic rings. The SMILES string of the molecule is NC(=O)/C=C/c1cccnc1OCC1CC1. The van der Waals surface area contributed by atoms with Crippen LogP contribution in [0.2, 0.25) is 0 Å². The first-order valence-electron chi connectivity index (χ1n) is 5.31. The van der Waals surface area contributed by atoms with Gasteiger partial charge in [-0.3, -0.25) is 4.79 Å². The Kier molecular flexibility index (Phi) is 3.19. The smallest absolute Gasteiger partial charge is 0.241 e. The van der Waals surface area contributed by atoms with Crippen molar-refractivity contribution in [1.29, 1.82) is 0 Å². The zero-order valence-corrected chi connectivity index (χ0v) is 8.93. The van der Waals surface area contributed by atoms with Gasteiger partial charge >= 0.3 is 0 Å². The zero-order chi connectivity index (χ0) is 11.4. The maximum absolute atomic E-state index is 10.6. The monoisotopic (exact) mass is 218 g/mol. The number of hydrogen-bond acceptors (Lipinski definition) is 3. The highest BCUT2D eigenvalue weighted by molar-refractivity contribution is 5.90. The average molecular weight is 218 g/mol. The average Bonchev–Trinajstić information content (AvgIpc) is 3.08. The van der Waals surface area contributed by atoms with Gasteiger partial charge < -0.3 is 10.5 Å². The van der Waals surface area contributed by atoms with Crippen LogP contribution < -0.4 is 10.5 Å². The first-order chi connectivity index (χ1) is 7.75. The van der Waals surface area contributed by atoms with E-state index in [-0.39, 0.29) is 0 Å². The van der Waals surface area contributed by atoms with E-state index in [2.05, 4.69) is 4.98 Å². The van der Waals surface area contributed by atoms with Crippen molar-refractivity contribution in [3.8, 4) is 5.88 Å². The molecule has 0 aliphatic heterocycles. The van der Waals surface area contributed by atoms with Crippen LogP contribution in [0.4, 0.5) is 0 Å². The third-order valence-corrected chi connectivity index (χ3v) is 2.38. The summed E-state index contributed by atoms with van der Waals surface area (Å²) in [7, 11) is 0. The predicted octanol–water partition coefficient (Wildman–Crippen LogP) is 1.37. The number of nitrogens with two attached hydrogens (primary N) is 1. The lowest BCUT2D eigenvalue weighted by Crippen LogP contribution is -2.06. The highest BCUT2D eigenvalue weighted by atomic mass is 16.5. The van der Waals surface area contributed by atoms with Gasteiger partial charge in [-0.2, -0.15) is 0 Å². The normalized spacial score (nSPS) is 15.2. The number of aromatic nitrogens is 1. The van der Waals surface area contributed by atoms with Crippen LogP contribution in [0.25, 0.3) is 6.08 Å². The molecule has 1 fully saturated rings. The molecule has 1 aromatic heterocycles. The Bertz CT molecular complexity index is 411. The molecule has 2 N–H and O–H groups in total. The summed E-state index contributed by atoms with van der Waals surface area (Å²) in [5.74, 6) is 0.763. The van der Waals surface area contributed by atoms with Gasteiger partial charge in [-0.25, -0.2) is 4.98 Å². The van der Waals surface area contributed by atoms with Gasteiger partial charge in [0.1, 0.15) is 0 Å². The molecule has 1 saturated carbocycles. The Morgan fingerprint density at radius 2 is 2.44 bits per heavy atom. The van der Waals surface area contributed by atoms with E-state index < -0.39 is 5.91 Å². The van der Waals surface area contributed by atoms with Gasteiger partial charge in [-0.15, -0.1) is 0 Å². The molecular weight excluding hydrogens is 204 g/mol. The second-order valence-electron chi connectivity index (χ2n) is 3.89. The van der Waals surface area contributed by atoms with Crippen LogP contribution in [-0.2, 0) is 4.79 Å². The molecule has 0 atom stereocenters. The van der Waals surface area contributed by atoms with Crippen molar-refractivity contribution in [2.45, 2.75) is 12.8 Å². The highest BCUT2D eigenvalue weighted by Gasteiger charge is 2.22. The Morgan fingerprint density at radius 1 is 1.62 bits per heavy atom. The van der Waals surface area contributed by atoms with Crippen LogP contribution in [0.15, 0.2) is 24.4 Å². The molecule has 4 nitrogen and oxygen atoms in total. The van der Waals surface area contributed by atoms with E-state index in [0.717, 1.165) is 5.56 Å². The van der Waals surface area contributed by atoms with Gasteiger partial charge in [0.05, 0.1) is 6.61 Å². The fourth-order valence-electron chi connectivity index (χ4n) is 1.30. The van der Waals surface area contributed by atoms with Gasteiger partial charge in [-0.05, 0) is 37.0 Å². The lowest BCUT2D eigenvalue weighted by molar-refractivity contribution is -0.113. The topological polar surface area (TPSA) is 65.2 Å². The minimum absolute atomic E-state index is 0.475. The van der Waals surface area contributed by atoms with E-state index in [1.165, 1.54) is 18.9 Å². The molecular formula is C12H14N2O2. The standard InChI is InChI=1S/C12H14N2O2/c13-11(15)6-5-10-2-1-7-14-12(10)16-8-9-3-4-9/h1-2,5-7,9H,3-4,8H2,(H2,13,15)/b6-5+. The molecule has 0 saturated heterocycles. The van der Waals surface area contributed by atoms with Crippen molar-refractivity contribution in [2.24, 2.45) is 11.7 Å². The number of primary amides is 1. The number of pyridine rings is 1. The van der Waals surface area contributed by atoms with Crippen molar-refractivity contribution < 1.29 is 9.53 Å². The van der Waals surface area contributed by atoms with E-state index in [9.17, 15) is 4.79 Å². The summed E-state index contributed by atoms with van der Waals surface area (Å²) < 4.78 is 5.58. The third-order valence-electron chi connectivity index (χ3n) is 2.38. The molecule has 84 valence electrons. The Labute approximate surface area is 94.1 Å². The lowest BCUT2D eigenvalue weighted by atomic mass is 10.2. The molecule has 0 bridgehead atoms. The minimum Gasteiger partial charge on any atom is -0.477 e. The summed E-state index contributed by atoms with van der Waals surface area (Å²) >= 11 is 0. The van der Waals surface area contributed by atoms with E-state index >= 15 is 0 Å². The molecule has 1 aliphatic carbocycles. The second kappa shape index (κ2) is 4.79. The number of carbonyl (C=O) groups is 1. The maximum atomic E-state index is 10.6. The summed E-state index contributed by atoms with van der Waals surface area (Å²) in [4.78, 5) is 14.8. The molecule has 2 rings (SSSR count). The summed E-state index contributed by atoms with van der Waals surface area (Å²) in [5.41, 5.74) is 5.82. The fourth-order valence-corrected chi connectivity index (χ4v) is 1.30. The Morgan fingerprint density at radius 3 is 3.12 bits per heavy atom. The van der Waals surface area contributed by atoms with Crippen LogP contribution >= 0.6 is 0 Å². The minimum atomic E-state index is -0.475. The van der Waals surface area contributed by atoms with Crippen LogP contribution in [0, 0.1) is 5.92 Å². The molecule has 0 unspecified atom stereocenters. The van der Waals surface area contributed by atoms with Crippen LogP contribution in [-0.4, -0.2) is 17.5 Å². The molecule has 0 aromatic carbocycles. The highest BCUT2D eigenvalue weighted by Crippen LogP contribution is 2.29. The summed E-state index contributed by atoms with van der Waals surface area (Å²) in [6.45, 7) is 0.703. The molecule has 1 aliphatic rings. The zero-order valence-electron chi connectivity index (χ0n) is 8.93. The van der Waals surface area contributed by atoms with E-state index in [0.29, 0.717) is 18.4 Å². The van der Waals surface area contributed by atoms with Crippen LogP contribution in [0.1, 0.15) is 18.4 Å². The molecule has 4 heteroatoms. The quantitative estimate of drug-likeness (QED) is 0.759. The molecule has 0 radical (unpaired) electrons. The number of carbonyl (C=O) groups excluding carboxylic acids is 1. The summed E-state index contributed by atoms with van der Waals surface area (Å²) in [5, 5.41) is 0. The molecule has 1 heterocycles. The van der Waals surface area contributed by atoms with Crippen molar-refractivity contribution in [1.82, 2.24) is 4.98 Å². The third kappa shape index (κ3) is 3.08. The van der Waals surface area contributed by atoms with Gasteiger partial charge in [-0.1, -0.05) is 0 Å². The second-order valence-corrected chi connectivity index (χ2v) is 3.89. The van der Waals surface area contributed by atoms with Crippen LogP contribution in [0.5, 0.6) is 5.88 Å². The van der Waals surface area contributed by atoms with Crippen molar-refractivity contribution in [3.05, 3.63) is 30.0 Å². The number of hydrogen-bond donors (Lipinski definition) is 1. The van der Waals surface area contributed by atoms with Crippen molar-refractivity contribution in [2.75, 3.05) is 6.61 Å². The number of amides is 1. The Balaban J connectivity index is 2.05. The Hall–Kier alpha value is -1.84. The predicted molar refractivity (Wildman–Crippen MR) is 60.7 cm³/mol. The van der Waals surface area contributed by atoms with Gasteiger partial charge in [0.25, 0.3) is 0 Å². The van der Waals surface area contributed by atoms with E-state index in [1.54, 1.807) is 18.3 Å². The van der Waals surface area contributed by atoms with Crippen molar-refractivity contribution in [3.63, 3.8) is 0 Å². The van der Waals surface area contributed by atoms with E-state index in [1.807, 2.05) is 6.07 Å². The van der Waals surface area contributed by atoms with Gasteiger partial charge in [0.15, 0.2) is 0 Å². The molecule has 1 amide bonds. The van der Waals surface area contributed by atoms with E-state index in [4.69, 9.17) is 10.5 Å². The van der Waals surface area contributed by atoms with Crippen molar-refractivity contribution >= 4 is 12.0 Å². The van der Waals surface area contributed by atoms with Gasteiger partial charge in [0.2, 0.25) is 11.8 Å². The lowest BCUT2D eigenvalue weighted by Gasteiger charge is -2.06. The number of nitrogens with zero attached hydrogens (tertiary/aromatic N) is 1. The molecule has 0 spiro atoms. The summed E-state index contributed by atoms with van der Waals surface area (Å²) in [6.07, 6.45) is 7.07. The molecule has 16 heavy (non-hydrogen) atoms. The van der Waals surface area contributed by atoms with Crippen LogP contribution in [0.3, 0.4) is 0 Å². The number of rotatable bonds is 5. The number of ether oxygens (including phenoxy) is 1.